The number of aliphatic hydroxyl groups excluding tert-OH is 2. The zero-order valence-electron chi connectivity index (χ0n) is 21.1. The number of alkyl halides is 1. The Bertz CT molecular complexity index is 911. The quantitative estimate of drug-likeness (QED) is 0.228. The van der Waals surface area contributed by atoms with Crippen LogP contribution < -0.4 is 10.6 Å². The highest BCUT2D eigenvalue weighted by Gasteiger charge is 2.32. The van der Waals surface area contributed by atoms with E-state index in [0.29, 0.717) is 0 Å². The number of halogens is 1. The molecule has 0 radical (unpaired) electrons. The molecular formula is C25H35FN2O9. The number of aliphatic hydroxyl groups is 2. The Kier molecular flexibility index (Phi) is 14.0. The van der Waals surface area contributed by atoms with Crippen LogP contribution in [-0.2, 0) is 35.3 Å². The Balaban J connectivity index is 2.67. The third-order valence-corrected chi connectivity index (χ3v) is 5.59. The van der Waals surface area contributed by atoms with Crippen LogP contribution in [0.15, 0.2) is 30.3 Å². The number of alkyl carbamates (subject to hydrolysis) is 1. The van der Waals surface area contributed by atoms with Crippen LogP contribution in [-0.4, -0.2) is 78.3 Å². The van der Waals surface area contributed by atoms with Crippen molar-refractivity contribution >= 4 is 29.5 Å². The highest BCUT2D eigenvalue weighted by molar-refractivity contribution is 5.94. The van der Waals surface area contributed by atoms with E-state index in [0.717, 1.165) is 12.7 Å². The van der Waals surface area contributed by atoms with Crippen molar-refractivity contribution in [2.75, 3.05) is 20.4 Å². The van der Waals surface area contributed by atoms with E-state index in [-0.39, 0.29) is 13.0 Å². The fourth-order valence-electron chi connectivity index (χ4n) is 3.33. The van der Waals surface area contributed by atoms with Gasteiger partial charge in [-0.2, -0.15) is 0 Å². The number of rotatable bonds is 16. The highest BCUT2D eigenvalue weighted by Crippen LogP contribution is 2.15. The number of carbonyl (C=O) groups excluding carboxylic acids is 5. The number of Topliss-reactive ketones (excluding diaryl/α,β-unsaturated/α-hetero) is 2. The largest absolute Gasteiger partial charge is 0.469 e. The van der Waals surface area contributed by atoms with E-state index >= 15 is 0 Å². The molecular weight excluding hydrogens is 491 g/mol. The number of benzene rings is 1. The second kappa shape index (κ2) is 16.4. The standard InChI is InChI=1S/C25H35FN2O9/c1-15(27-25(35)37-14-17-7-5-4-6-8-17)20(31)11-19(13-29)24(34)28-23(16(2)30)21(32)9-18(12-26)10-22(33)36-3/h4-8,15-16,18-19,23,29-30H,9-14H2,1-3H3,(H,27,35)(H,28,34)/t15-,16+,18-,19-,23-/m0/s1. The Labute approximate surface area is 214 Å². The number of carbonyl (C=O) groups is 5. The van der Waals surface area contributed by atoms with Crippen LogP contribution in [0.5, 0.6) is 0 Å². The fourth-order valence-corrected chi connectivity index (χ4v) is 3.33. The van der Waals surface area contributed by atoms with Gasteiger partial charge >= 0.3 is 12.1 Å². The summed E-state index contributed by atoms with van der Waals surface area (Å²) < 4.78 is 22.8. The molecule has 206 valence electrons. The lowest BCUT2D eigenvalue weighted by atomic mass is 9.93. The number of hydrogen-bond acceptors (Lipinski definition) is 9. The molecule has 5 atom stereocenters. The number of methoxy groups -OCH3 is 1. The van der Waals surface area contributed by atoms with E-state index in [9.17, 15) is 38.6 Å². The first-order valence-electron chi connectivity index (χ1n) is 11.8. The molecule has 0 spiro atoms. The van der Waals surface area contributed by atoms with Gasteiger partial charge in [0.15, 0.2) is 11.6 Å². The van der Waals surface area contributed by atoms with E-state index < -0.39 is 85.7 Å². The summed E-state index contributed by atoms with van der Waals surface area (Å²) in [6, 6.07) is 6.39. The first-order valence-corrected chi connectivity index (χ1v) is 11.8. The van der Waals surface area contributed by atoms with Crippen molar-refractivity contribution in [3.05, 3.63) is 35.9 Å². The van der Waals surface area contributed by atoms with Crippen molar-refractivity contribution in [3.63, 3.8) is 0 Å². The maximum atomic E-state index is 13.2. The van der Waals surface area contributed by atoms with Gasteiger partial charge in [0.2, 0.25) is 5.91 Å². The zero-order chi connectivity index (χ0) is 28.0. The summed E-state index contributed by atoms with van der Waals surface area (Å²) >= 11 is 0. The maximum absolute atomic E-state index is 13.2. The van der Waals surface area contributed by atoms with Crippen molar-refractivity contribution in [1.82, 2.24) is 10.6 Å². The van der Waals surface area contributed by atoms with Gasteiger partial charge in [0.1, 0.15) is 12.6 Å². The van der Waals surface area contributed by atoms with E-state index in [2.05, 4.69) is 15.4 Å². The van der Waals surface area contributed by atoms with Gasteiger partial charge in [-0.25, -0.2) is 4.79 Å². The topological polar surface area (TPSA) is 168 Å². The Morgan fingerprint density at radius 3 is 2.16 bits per heavy atom. The molecule has 0 unspecified atom stereocenters. The fraction of sp³-hybridized carbons (Fsp3) is 0.560. The smallest absolute Gasteiger partial charge is 0.408 e. The van der Waals surface area contributed by atoms with Crippen molar-refractivity contribution in [3.8, 4) is 0 Å². The molecule has 0 bridgehead atoms. The second-order valence-corrected chi connectivity index (χ2v) is 8.68. The molecule has 0 fully saturated rings. The van der Waals surface area contributed by atoms with Crippen LogP contribution in [0, 0.1) is 11.8 Å². The summed E-state index contributed by atoms with van der Waals surface area (Å²) in [4.78, 5) is 61.2. The molecule has 0 aliphatic carbocycles. The Morgan fingerprint density at radius 1 is 0.973 bits per heavy atom. The molecule has 1 aromatic carbocycles. The summed E-state index contributed by atoms with van der Waals surface area (Å²) in [5.74, 6) is -5.19. The van der Waals surface area contributed by atoms with Crippen molar-refractivity contribution in [1.29, 1.82) is 0 Å². The molecule has 0 saturated heterocycles. The molecule has 1 rings (SSSR count). The van der Waals surface area contributed by atoms with E-state index in [1.165, 1.54) is 13.8 Å². The molecule has 1 aromatic rings. The minimum atomic E-state index is -1.45. The molecule has 0 aliphatic rings. The summed E-state index contributed by atoms with van der Waals surface area (Å²) in [6.07, 6.45) is -3.49. The monoisotopic (exact) mass is 526 g/mol. The predicted molar refractivity (Wildman–Crippen MR) is 129 cm³/mol. The molecule has 4 N–H and O–H groups in total. The lowest BCUT2D eigenvalue weighted by molar-refractivity contribution is -0.142. The summed E-state index contributed by atoms with van der Waals surface area (Å²) in [5, 5.41) is 24.3. The van der Waals surface area contributed by atoms with Gasteiger partial charge in [0.05, 0.1) is 44.9 Å². The average Bonchev–Trinajstić information content (AvgIpc) is 2.88. The molecule has 12 heteroatoms. The Morgan fingerprint density at radius 2 is 1.62 bits per heavy atom. The molecule has 37 heavy (non-hydrogen) atoms. The van der Waals surface area contributed by atoms with Gasteiger partial charge in [-0.05, 0) is 19.4 Å². The first kappa shape index (κ1) is 31.6. The van der Waals surface area contributed by atoms with Gasteiger partial charge in [0, 0.05) is 18.8 Å². The Hall–Kier alpha value is -3.38. The van der Waals surface area contributed by atoms with E-state index in [4.69, 9.17) is 4.74 Å². The van der Waals surface area contributed by atoms with Gasteiger partial charge < -0.3 is 30.3 Å². The van der Waals surface area contributed by atoms with Crippen LogP contribution in [0.4, 0.5) is 9.18 Å². The third kappa shape index (κ3) is 11.5. The number of ether oxygens (including phenoxy) is 2. The first-order chi connectivity index (χ1) is 17.5. The predicted octanol–water partition coefficient (Wildman–Crippen LogP) is 0.843. The minimum absolute atomic E-state index is 0.00704. The van der Waals surface area contributed by atoms with Gasteiger partial charge in [0.25, 0.3) is 0 Å². The van der Waals surface area contributed by atoms with E-state index in [1.807, 2.05) is 6.07 Å². The van der Waals surface area contributed by atoms with Crippen LogP contribution >= 0.6 is 0 Å². The molecule has 0 aliphatic heterocycles. The minimum Gasteiger partial charge on any atom is -0.469 e. The van der Waals surface area contributed by atoms with Crippen LogP contribution in [0.25, 0.3) is 0 Å². The van der Waals surface area contributed by atoms with Crippen LogP contribution in [0.3, 0.4) is 0 Å². The second-order valence-electron chi connectivity index (χ2n) is 8.68. The number of hydrogen-bond donors (Lipinski definition) is 4. The zero-order valence-corrected chi connectivity index (χ0v) is 21.1. The summed E-state index contributed by atoms with van der Waals surface area (Å²) in [6.45, 7) is 0.873. The summed E-state index contributed by atoms with van der Waals surface area (Å²) in [7, 11) is 1.12. The molecule has 0 heterocycles. The SMILES string of the molecule is COC(=O)C[C@@H](CF)CC(=O)[C@@H](NC(=O)[C@H](CO)CC(=O)[C@H](C)NC(=O)OCc1ccccc1)[C@@H](C)O. The van der Waals surface area contributed by atoms with Crippen LogP contribution in [0.1, 0.15) is 38.7 Å². The van der Waals surface area contributed by atoms with Gasteiger partial charge in [-0.15, -0.1) is 0 Å². The van der Waals surface area contributed by atoms with Crippen LogP contribution in [0.2, 0.25) is 0 Å². The van der Waals surface area contributed by atoms with Crippen molar-refractivity contribution < 1.29 is 48.0 Å². The lowest BCUT2D eigenvalue weighted by Gasteiger charge is -2.24. The summed E-state index contributed by atoms with van der Waals surface area (Å²) in [5.41, 5.74) is 0.749. The van der Waals surface area contributed by atoms with Crippen molar-refractivity contribution in [2.45, 2.75) is 57.9 Å². The highest BCUT2D eigenvalue weighted by atomic mass is 19.1. The molecule has 0 saturated carbocycles. The van der Waals surface area contributed by atoms with Gasteiger partial charge in [-0.1, -0.05) is 30.3 Å². The average molecular weight is 527 g/mol. The molecule has 0 aromatic heterocycles. The number of amides is 2. The lowest BCUT2D eigenvalue weighted by Crippen LogP contribution is -2.51. The molecule has 11 nitrogen and oxygen atoms in total. The number of ketones is 2. The van der Waals surface area contributed by atoms with E-state index in [1.54, 1.807) is 24.3 Å². The van der Waals surface area contributed by atoms with Gasteiger partial charge in [-0.3, -0.25) is 23.6 Å². The number of esters is 1. The molecule has 2 amide bonds. The maximum Gasteiger partial charge on any atom is 0.408 e. The third-order valence-electron chi connectivity index (χ3n) is 5.59. The number of nitrogens with one attached hydrogen (secondary N) is 2. The van der Waals surface area contributed by atoms with Crippen molar-refractivity contribution in [2.24, 2.45) is 11.8 Å². The normalized spacial score (nSPS) is 14.9.